The Balaban J connectivity index is 1.39. The zero-order chi connectivity index (χ0) is 31.5. The third-order valence-electron chi connectivity index (χ3n) is 6.67. The smallest absolute Gasteiger partial charge is 0.335 e. The summed E-state index contributed by atoms with van der Waals surface area (Å²) in [5.41, 5.74) is 11.0. The van der Waals surface area contributed by atoms with Crippen molar-refractivity contribution in [2.45, 2.75) is 12.8 Å². The molecule has 0 bridgehead atoms. The first kappa shape index (κ1) is 32.1. The van der Waals surface area contributed by atoms with E-state index in [1.807, 2.05) is 24.3 Å². The van der Waals surface area contributed by atoms with E-state index in [1.54, 1.807) is 48.9 Å². The predicted molar refractivity (Wildman–Crippen MR) is 175 cm³/mol. The molecule has 0 atom stereocenters. The first-order valence-corrected chi connectivity index (χ1v) is 14.6. The fraction of sp³-hybridized carbons (Fsp3) is 0.182. The number of amides is 2. The molecule has 9 nitrogen and oxygen atoms in total. The fourth-order valence-corrected chi connectivity index (χ4v) is 5.43. The molecule has 2 aromatic heterocycles. The minimum Gasteiger partial charge on any atom is -0.478 e. The number of rotatable bonds is 14. The van der Waals surface area contributed by atoms with Gasteiger partial charge in [0.25, 0.3) is 0 Å². The van der Waals surface area contributed by atoms with Crippen LogP contribution < -0.4 is 21.7 Å². The van der Waals surface area contributed by atoms with Crippen molar-refractivity contribution in [2.24, 2.45) is 5.73 Å². The molecule has 0 unspecified atom stereocenters. The highest BCUT2D eigenvalue weighted by molar-refractivity contribution is 7.20. The number of hydrogen-bond donors (Lipinski definition) is 5. The van der Waals surface area contributed by atoms with E-state index in [4.69, 9.17) is 15.6 Å². The predicted octanol–water partition coefficient (Wildman–Crippen LogP) is 6.21. The number of nitrogens with zero attached hydrogens (tertiary/aromatic N) is 1. The van der Waals surface area contributed by atoms with E-state index < -0.39 is 17.8 Å². The Morgan fingerprint density at radius 1 is 1.07 bits per heavy atom. The number of aromatic nitrogens is 1. The van der Waals surface area contributed by atoms with Crippen LogP contribution in [0, 0.1) is 5.82 Å². The van der Waals surface area contributed by atoms with Crippen LogP contribution in [-0.4, -0.2) is 48.9 Å². The monoisotopic (exact) mass is 615 g/mol. The summed E-state index contributed by atoms with van der Waals surface area (Å²) in [5, 5.41) is 17.5. The second kappa shape index (κ2) is 15.6. The van der Waals surface area contributed by atoms with Gasteiger partial charge in [-0.3, -0.25) is 4.98 Å². The molecule has 0 radical (unpaired) electrons. The number of fused-ring (bicyclic) bond motifs is 1. The molecule has 0 saturated heterocycles. The molecule has 44 heavy (non-hydrogen) atoms. The van der Waals surface area contributed by atoms with E-state index in [1.165, 1.54) is 24.3 Å². The summed E-state index contributed by atoms with van der Waals surface area (Å²) >= 11 is 1.54. The van der Waals surface area contributed by atoms with Gasteiger partial charge in [-0.2, -0.15) is 0 Å². The van der Waals surface area contributed by atoms with Crippen molar-refractivity contribution < 1.29 is 23.8 Å². The van der Waals surface area contributed by atoms with Gasteiger partial charge in [0, 0.05) is 43.5 Å². The maximum atomic E-state index is 15.0. The van der Waals surface area contributed by atoms with Crippen molar-refractivity contribution in [2.75, 3.05) is 37.4 Å². The Kier molecular flexibility index (Phi) is 11.4. The maximum Gasteiger partial charge on any atom is 0.335 e. The summed E-state index contributed by atoms with van der Waals surface area (Å²) in [4.78, 5) is 28.9. The third-order valence-corrected chi connectivity index (χ3v) is 7.92. The number of carbonyl (C=O) groups excluding carboxylic acids is 1. The number of pyridine rings is 1. The Morgan fingerprint density at radius 2 is 1.84 bits per heavy atom. The average Bonchev–Trinajstić information content (AvgIpc) is 3.46. The highest BCUT2D eigenvalue weighted by Crippen LogP contribution is 2.31. The number of anilines is 2. The minimum absolute atomic E-state index is 0.0421. The largest absolute Gasteiger partial charge is 0.478 e. The molecule has 0 aliphatic heterocycles. The van der Waals surface area contributed by atoms with Crippen LogP contribution in [0.5, 0.6) is 0 Å². The van der Waals surface area contributed by atoms with Crippen LogP contribution in [-0.2, 0) is 17.6 Å². The lowest BCUT2D eigenvalue weighted by molar-refractivity contribution is 0.0697. The van der Waals surface area contributed by atoms with E-state index in [9.17, 15) is 14.0 Å². The second-order valence-corrected chi connectivity index (χ2v) is 10.9. The van der Waals surface area contributed by atoms with Crippen molar-refractivity contribution >= 4 is 50.6 Å². The van der Waals surface area contributed by atoms with Crippen molar-refractivity contribution in [3.05, 3.63) is 119 Å². The summed E-state index contributed by atoms with van der Waals surface area (Å²) in [6.07, 6.45) is 8.34. The lowest BCUT2D eigenvalue weighted by Gasteiger charge is -2.10. The summed E-state index contributed by atoms with van der Waals surface area (Å²) < 4.78 is 21.0. The Labute approximate surface area is 259 Å². The second-order valence-electron chi connectivity index (χ2n) is 9.80. The van der Waals surface area contributed by atoms with E-state index in [0.29, 0.717) is 42.9 Å². The summed E-state index contributed by atoms with van der Waals surface area (Å²) in [6.45, 7) is 5.88. The van der Waals surface area contributed by atoms with Crippen LogP contribution in [0.1, 0.15) is 26.4 Å². The number of allylic oxidation sites excluding steroid dienone is 2. The number of ether oxygens (including phenoxy) is 1. The summed E-state index contributed by atoms with van der Waals surface area (Å²) in [6, 6.07) is 13.6. The van der Waals surface area contributed by atoms with Crippen LogP contribution in [0.2, 0.25) is 0 Å². The quantitative estimate of drug-likeness (QED) is 0.0840. The molecule has 0 saturated carbocycles. The lowest BCUT2D eigenvalue weighted by atomic mass is 10.0. The number of aromatic carboxylic acids is 1. The van der Waals surface area contributed by atoms with Crippen molar-refractivity contribution in [1.29, 1.82) is 0 Å². The summed E-state index contributed by atoms with van der Waals surface area (Å²) in [5.74, 6) is -1.55. The van der Waals surface area contributed by atoms with Crippen molar-refractivity contribution in [3.8, 4) is 0 Å². The molecule has 4 rings (SSSR count). The number of nitrogens with two attached hydrogens (primary N) is 1. The van der Waals surface area contributed by atoms with E-state index in [0.717, 1.165) is 32.8 Å². The van der Waals surface area contributed by atoms with Crippen LogP contribution in [0.3, 0.4) is 0 Å². The van der Waals surface area contributed by atoms with Crippen molar-refractivity contribution in [3.63, 3.8) is 0 Å². The molecular formula is C33H34FN5O4S. The summed E-state index contributed by atoms with van der Waals surface area (Å²) in [7, 11) is 1.66. The standard InChI is InChI=1S/C33H34FN5O4S/c1-3-21(20-36-15-16-43-2)7-12-28(35)30-19-29-31(44-30)23(13-14-37-29)9-8-22-10-11-26(18-27(22)34)39-33(42)38-25-6-4-5-24(17-25)32(40)41/h3-7,10-14,17-19,36H,1,8-9,15-16,20,35H2,2H3,(H,40,41)(H2,38,39,42)/b21-7+,28-12-. The van der Waals surface area contributed by atoms with Gasteiger partial charge >= 0.3 is 12.0 Å². The minimum atomic E-state index is -1.10. The van der Waals surface area contributed by atoms with Crippen molar-refractivity contribution in [1.82, 2.24) is 10.3 Å². The number of nitrogens with one attached hydrogen (secondary N) is 3. The SMILES string of the molecule is C=C/C(=C\C=C(/N)c1cc2nccc(CCc3ccc(NC(=O)Nc4cccc(C(=O)O)c4)cc3F)c2s1)CNCCOC. The van der Waals surface area contributed by atoms with Gasteiger partial charge in [-0.15, -0.1) is 11.3 Å². The zero-order valence-corrected chi connectivity index (χ0v) is 25.0. The molecular weight excluding hydrogens is 581 g/mol. The Bertz CT molecular complexity index is 1720. The van der Waals surface area contributed by atoms with Gasteiger partial charge in [0.1, 0.15) is 5.82 Å². The Morgan fingerprint density at radius 3 is 2.57 bits per heavy atom. The number of hydrogen-bond acceptors (Lipinski definition) is 7. The van der Waals surface area contributed by atoms with E-state index in [-0.39, 0.29) is 11.3 Å². The molecule has 2 heterocycles. The number of halogens is 1. The number of thiophene rings is 1. The first-order chi connectivity index (χ1) is 21.3. The van der Waals surface area contributed by atoms with Gasteiger partial charge in [-0.25, -0.2) is 14.0 Å². The van der Waals surface area contributed by atoms with Gasteiger partial charge in [0.2, 0.25) is 0 Å². The van der Waals surface area contributed by atoms with Gasteiger partial charge in [0.05, 0.1) is 27.3 Å². The Hall–Kier alpha value is -4.84. The number of benzene rings is 2. The van der Waals surface area contributed by atoms with Gasteiger partial charge < -0.3 is 31.5 Å². The molecule has 228 valence electrons. The number of carbonyl (C=O) groups is 2. The topological polar surface area (TPSA) is 139 Å². The number of aryl methyl sites for hydroxylation is 2. The number of urea groups is 1. The molecule has 0 spiro atoms. The molecule has 4 aromatic rings. The third kappa shape index (κ3) is 8.83. The first-order valence-electron chi connectivity index (χ1n) is 13.8. The van der Waals surface area contributed by atoms with Gasteiger partial charge in [0.15, 0.2) is 0 Å². The zero-order valence-electron chi connectivity index (χ0n) is 24.2. The van der Waals surface area contributed by atoms with Gasteiger partial charge in [-0.05, 0) is 78.1 Å². The number of carboxylic acids is 1. The molecule has 2 amide bonds. The van der Waals surface area contributed by atoms with Crippen LogP contribution in [0.25, 0.3) is 15.9 Å². The molecule has 0 aliphatic rings. The number of carboxylic acid groups (broad SMARTS) is 1. The van der Waals surface area contributed by atoms with Crippen LogP contribution in [0.15, 0.2) is 91.2 Å². The van der Waals surface area contributed by atoms with Gasteiger partial charge in [-0.1, -0.05) is 30.9 Å². The fourth-order valence-electron chi connectivity index (χ4n) is 4.34. The van der Waals surface area contributed by atoms with E-state index >= 15 is 0 Å². The van der Waals surface area contributed by atoms with Crippen LogP contribution >= 0.6 is 11.3 Å². The molecule has 0 aliphatic carbocycles. The maximum absolute atomic E-state index is 15.0. The average molecular weight is 616 g/mol. The highest BCUT2D eigenvalue weighted by atomic mass is 32.1. The van der Waals surface area contributed by atoms with Crippen LogP contribution in [0.4, 0.5) is 20.6 Å². The molecule has 2 aromatic carbocycles. The molecule has 0 fully saturated rings. The normalized spacial score (nSPS) is 11.9. The molecule has 6 N–H and O–H groups in total. The van der Waals surface area contributed by atoms with E-state index in [2.05, 4.69) is 27.5 Å². The lowest BCUT2D eigenvalue weighted by Crippen LogP contribution is -2.21. The number of methoxy groups -OCH3 is 1. The molecule has 11 heteroatoms. The highest BCUT2D eigenvalue weighted by Gasteiger charge is 2.12.